The van der Waals surface area contributed by atoms with Crippen molar-refractivity contribution in [3.05, 3.63) is 66.2 Å². The number of hydrazone groups is 1. The van der Waals surface area contributed by atoms with Crippen molar-refractivity contribution in [1.82, 2.24) is 0 Å². The number of nitrogens with zero attached hydrogens (tertiary/aromatic N) is 3. The van der Waals surface area contributed by atoms with E-state index in [1.807, 2.05) is 48.3 Å². The second-order valence-electron chi connectivity index (χ2n) is 5.17. The van der Waals surface area contributed by atoms with Crippen LogP contribution in [0.2, 0.25) is 0 Å². The van der Waals surface area contributed by atoms with Crippen LogP contribution in [0.5, 0.6) is 0 Å². The minimum atomic E-state index is -0.0624. The van der Waals surface area contributed by atoms with E-state index in [0.29, 0.717) is 11.8 Å². The van der Waals surface area contributed by atoms with Crippen LogP contribution >= 0.6 is 0 Å². The zero-order valence-corrected chi connectivity index (χ0v) is 11.7. The monoisotopic (exact) mass is 277 g/mol. The summed E-state index contributed by atoms with van der Waals surface area (Å²) in [6.07, 6.45) is 0. The summed E-state index contributed by atoms with van der Waals surface area (Å²) in [6, 6.07) is 20.5. The van der Waals surface area contributed by atoms with Crippen LogP contribution in [0, 0.1) is 0 Å². The summed E-state index contributed by atoms with van der Waals surface area (Å²) < 4.78 is 5.65. The molecule has 2 aromatic rings. The fourth-order valence-corrected chi connectivity index (χ4v) is 2.85. The van der Waals surface area contributed by atoms with E-state index >= 15 is 0 Å². The number of benzene rings is 2. The van der Waals surface area contributed by atoms with Crippen LogP contribution in [0.4, 0.5) is 5.69 Å². The molecule has 2 aromatic carbocycles. The summed E-state index contributed by atoms with van der Waals surface area (Å²) in [5, 5.41) is 6.65. The molecule has 4 heteroatoms. The van der Waals surface area contributed by atoms with Gasteiger partial charge in [0.25, 0.3) is 0 Å². The number of rotatable bonds is 2. The first kappa shape index (κ1) is 12.1. The zero-order chi connectivity index (χ0) is 14.2. The fourth-order valence-electron chi connectivity index (χ4n) is 2.85. The van der Waals surface area contributed by atoms with Crippen LogP contribution in [0.3, 0.4) is 0 Å². The maximum Gasteiger partial charge on any atom is 0.241 e. The van der Waals surface area contributed by atoms with Gasteiger partial charge in [-0.05, 0) is 17.7 Å². The molecule has 2 unspecified atom stereocenters. The molecule has 4 nitrogen and oxygen atoms in total. The lowest BCUT2D eigenvalue weighted by molar-refractivity contribution is 0.550. The lowest BCUT2D eigenvalue weighted by atomic mass is 10.00. The van der Waals surface area contributed by atoms with E-state index in [4.69, 9.17) is 4.74 Å². The Balaban J connectivity index is 1.80. The molecule has 2 heterocycles. The normalized spacial score (nSPS) is 23.4. The van der Waals surface area contributed by atoms with Gasteiger partial charge in [-0.25, -0.2) is 4.99 Å². The highest BCUT2D eigenvalue weighted by atomic mass is 16.5. The van der Waals surface area contributed by atoms with Crippen LogP contribution in [0.1, 0.15) is 18.5 Å². The van der Waals surface area contributed by atoms with E-state index in [-0.39, 0.29) is 12.1 Å². The number of aliphatic imine (C=N–C) groups is 1. The van der Waals surface area contributed by atoms with E-state index in [1.54, 1.807) is 0 Å². The summed E-state index contributed by atoms with van der Waals surface area (Å²) in [7, 11) is 0. The average Bonchev–Trinajstić information content (AvgIpc) is 3.05. The van der Waals surface area contributed by atoms with E-state index in [0.717, 1.165) is 5.69 Å². The van der Waals surface area contributed by atoms with Crippen molar-refractivity contribution in [3.63, 3.8) is 0 Å². The molecule has 2 aliphatic rings. The van der Waals surface area contributed by atoms with Crippen molar-refractivity contribution >= 4 is 17.5 Å². The minimum Gasteiger partial charge on any atom is -0.425 e. The standard InChI is InChI=1S/C17H15N3O/c1-12-18-15-16(13-8-4-2-5-9-13)20(19-17(15)21-12)14-10-6-3-7-11-14/h2-11,15-16H,1H3. The lowest BCUT2D eigenvalue weighted by Crippen LogP contribution is -2.27. The number of para-hydroxylation sites is 1. The first-order valence-corrected chi connectivity index (χ1v) is 7.03. The van der Waals surface area contributed by atoms with Crippen LogP contribution < -0.4 is 5.01 Å². The van der Waals surface area contributed by atoms with Gasteiger partial charge in [0.05, 0.1) is 5.69 Å². The first-order valence-electron chi connectivity index (χ1n) is 7.03. The maximum absolute atomic E-state index is 5.65. The fraction of sp³-hybridized carbons (Fsp3) is 0.176. The third kappa shape index (κ3) is 2.00. The number of fused-ring (bicyclic) bond motifs is 1. The Hall–Kier alpha value is -2.62. The Morgan fingerprint density at radius 2 is 1.62 bits per heavy atom. The van der Waals surface area contributed by atoms with Crippen molar-refractivity contribution in [2.75, 3.05) is 5.01 Å². The molecule has 0 radical (unpaired) electrons. The molecule has 0 fully saturated rings. The molecule has 0 aromatic heterocycles. The van der Waals surface area contributed by atoms with Crippen molar-refractivity contribution in [2.45, 2.75) is 19.0 Å². The molecular formula is C17H15N3O. The van der Waals surface area contributed by atoms with Gasteiger partial charge in [-0.3, -0.25) is 5.01 Å². The first-order chi connectivity index (χ1) is 10.3. The Morgan fingerprint density at radius 1 is 0.952 bits per heavy atom. The summed E-state index contributed by atoms with van der Waals surface area (Å²) in [6.45, 7) is 1.87. The Kier molecular flexibility index (Phi) is 2.74. The predicted molar refractivity (Wildman–Crippen MR) is 83.5 cm³/mol. The summed E-state index contributed by atoms with van der Waals surface area (Å²) in [5.41, 5.74) is 2.23. The lowest BCUT2D eigenvalue weighted by Gasteiger charge is -2.25. The second kappa shape index (κ2) is 4.74. The topological polar surface area (TPSA) is 37.2 Å². The Labute approximate surface area is 123 Å². The van der Waals surface area contributed by atoms with Crippen molar-refractivity contribution in [1.29, 1.82) is 0 Å². The molecule has 0 N–H and O–H groups in total. The molecule has 0 bridgehead atoms. The largest absolute Gasteiger partial charge is 0.425 e. The van der Waals surface area contributed by atoms with E-state index in [1.165, 1.54) is 5.56 Å². The molecule has 4 rings (SSSR count). The molecular weight excluding hydrogens is 262 g/mol. The number of anilines is 1. The molecule has 0 aliphatic carbocycles. The van der Waals surface area contributed by atoms with Crippen LogP contribution in [-0.4, -0.2) is 17.8 Å². The third-order valence-electron chi connectivity index (χ3n) is 3.76. The zero-order valence-electron chi connectivity index (χ0n) is 11.7. The molecule has 0 saturated heterocycles. The van der Waals surface area contributed by atoms with Crippen LogP contribution in [-0.2, 0) is 4.74 Å². The molecule has 2 atom stereocenters. The second-order valence-corrected chi connectivity index (χ2v) is 5.17. The smallest absolute Gasteiger partial charge is 0.241 e. The average molecular weight is 277 g/mol. The van der Waals surface area contributed by atoms with Gasteiger partial charge in [0.15, 0.2) is 11.9 Å². The van der Waals surface area contributed by atoms with Crippen molar-refractivity contribution in [3.8, 4) is 0 Å². The Bertz CT molecular complexity index is 709. The molecule has 0 spiro atoms. The van der Waals surface area contributed by atoms with Gasteiger partial charge in [-0.1, -0.05) is 48.5 Å². The highest BCUT2D eigenvalue weighted by Gasteiger charge is 2.43. The number of hydrogen-bond donors (Lipinski definition) is 0. The predicted octanol–water partition coefficient (Wildman–Crippen LogP) is 3.38. The molecule has 2 aliphatic heterocycles. The molecule has 0 amide bonds. The van der Waals surface area contributed by atoms with Gasteiger partial charge in [0.1, 0.15) is 6.04 Å². The van der Waals surface area contributed by atoms with Gasteiger partial charge >= 0.3 is 0 Å². The third-order valence-corrected chi connectivity index (χ3v) is 3.76. The Morgan fingerprint density at radius 3 is 2.33 bits per heavy atom. The van der Waals surface area contributed by atoms with E-state index in [9.17, 15) is 0 Å². The van der Waals surface area contributed by atoms with Crippen LogP contribution in [0.15, 0.2) is 70.8 Å². The van der Waals surface area contributed by atoms with Gasteiger partial charge in [0.2, 0.25) is 5.90 Å². The van der Waals surface area contributed by atoms with Gasteiger partial charge in [-0.2, -0.15) is 0 Å². The molecule has 21 heavy (non-hydrogen) atoms. The maximum atomic E-state index is 5.65. The molecule has 104 valence electrons. The highest BCUT2D eigenvalue weighted by Crippen LogP contribution is 2.38. The van der Waals surface area contributed by atoms with Gasteiger partial charge < -0.3 is 4.74 Å². The minimum absolute atomic E-state index is 0.0426. The van der Waals surface area contributed by atoms with E-state index < -0.39 is 0 Å². The molecule has 0 saturated carbocycles. The van der Waals surface area contributed by atoms with Crippen molar-refractivity contribution in [2.24, 2.45) is 10.1 Å². The SMILES string of the molecule is CC1=NC2C(=NN(c3ccccc3)C2c2ccccc2)O1. The van der Waals surface area contributed by atoms with Crippen molar-refractivity contribution < 1.29 is 4.74 Å². The van der Waals surface area contributed by atoms with E-state index in [2.05, 4.69) is 34.4 Å². The summed E-state index contributed by atoms with van der Waals surface area (Å²) >= 11 is 0. The van der Waals surface area contributed by atoms with Gasteiger partial charge in [0, 0.05) is 6.92 Å². The summed E-state index contributed by atoms with van der Waals surface area (Å²) in [5.74, 6) is 1.37. The number of ether oxygens (including phenoxy) is 1. The summed E-state index contributed by atoms with van der Waals surface area (Å²) in [4.78, 5) is 4.61. The van der Waals surface area contributed by atoms with Gasteiger partial charge in [-0.15, -0.1) is 5.10 Å². The van der Waals surface area contributed by atoms with Crippen LogP contribution in [0.25, 0.3) is 0 Å². The number of hydrogen-bond acceptors (Lipinski definition) is 4. The quantitative estimate of drug-likeness (QED) is 0.844. The highest BCUT2D eigenvalue weighted by molar-refractivity contribution is 6.01.